The predicted octanol–water partition coefficient (Wildman–Crippen LogP) is 6.60. The Hall–Kier alpha value is -3.35. The fraction of sp³-hybridized carbons (Fsp3) is 0.345. The van der Waals surface area contributed by atoms with Gasteiger partial charge >= 0.3 is 5.84 Å². The van der Waals surface area contributed by atoms with Gasteiger partial charge in [-0.3, -0.25) is 4.74 Å². The van der Waals surface area contributed by atoms with Gasteiger partial charge in [-0.2, -0.15) is 0 Å². The van der Waals surface area contributed by atoms with Gasteiger partial charge in [-0.15, -0.1) is 0 Å². The first kappa shape index (κ1) is 24.8. The summed E-state index contributed by atoms with van der Waals surface area (Å²) in [7, 11) is 0. The van der Waals surface area contributed by atoms with Gasteiger partial charge in [0.2, 0.25) is 0 Å². The maximum atomic E-state index is 12.9. The van der Waals surface area contributed by atoms with E-state index in [0.717, 1.165) is 37.1 Å². The zero-order chi connectivity index (χ0) is 25.8. The van der Waals surface area contributed by atoms with E-state index in [0.29, 0.717) is 11.3 Å². The van der Waals surface area contributed by atoms with E-state index in [9.17, 15) is 15.6 Å². The average molecular weight is 472 g/mol. The van der Waals surface area contributed by atoms with Gasteiger partial charge in [-0.1, -0.05) is 53.6 Å². The third kappa shape index (κ3) is 4.17. The van der Waals surface area contributed by atoms with Crippen molar-refractivity contribution < 1.29 is 9.95 Å². The van der Waals surface area contributed by atoms with Crippen molar-refractivity contribution in [2.24, 2.45) is 0 Å². The van der Waals surface area contributed by atoms with Gasteiger partial charge in [-0.25, -0.2) is 0 Å². The SMILES string of the molecule is CC(C)(C)N([O-])c1ccc(-c2ccc(-c3ccc(C4=[N+]([O-])C(C)(C)C(C)(C)N4[O])cc3)cc2)cc1. The van der Waals surface area contributed by atoms with Crippen LogP contribution in [0.1, 0.15) is 54.0 Å². The summed E-state index contributed by atoms with van der Waals surface area (Å²) in [5.41, 5.74) is 3.20. The average Bonchev–Trinajstić information content (AvgIpc) is 2.94. The van der Waals surface area contributed by atoms with E-state index in [1.807, 2.05) is 93.6 Å². The van der Waals surface area contributed by atoms with Crippen LogP contribution in [0.5, 0.6) is 0 Å². The molecule has 35 heavy (non-hydrogen) atoms. The van der Waals surface area contributed by atoms with E-state index >= 15 is 0 Å². The fourth-order valence-corrected chi connectivity index (χ4v) is 4.19. The molecule has 0 aliphatic carbocycles. The largest absolute Gasteiger partial charge is 0.758 e. The second-order valence-corrected chi connectivity index (χ2v) is 11.2. The number of benzene rings is 3. The van der Waals surface area contributed by atoms with E-state index in [1.54, 1.807) is 27.7 Å². The van der Waals surface area contributed by atoms with E-state index in [4.69, 9.17) is 0 Å². The van der Waals surface area contributed by atoms with Crippen molar-refractivity contribution in [3.63, 3.8) is 0 Å². The van der Waals surface area contributed by atoms with Crippen LogP contribution in [-0.2, 0) is 5.21 Å². The minimum atomic E-state index is -0.838. The summed E-state index contributed by atoms with van der Waals surface area (Å²) in [6, 6.07) is 23.3. The molecule has 0 fully saturated rings. The Kier molecular flexibility index (Phi) is 5.94. The van der Waals surface area contributed by atoms with E-state index in [2.05, 4.69) is 0 Å². The molecule has 3 aromatic carbocycles. The molecule has 183 valence electrons. The molecule has 1 radical (unpaired) electrons. The molecule has 6 nitrogen and oxygen atoms in total. The van der Waals surface area contributed by atoms with E-state index < -0.39 is 16.6 Å². The molecule has 0 spiro atoms. The minimum Gasteiger partial charge on any atom is -0.758 e. The molecule has 0 unspecified atom stereocenters. The minimum absolute atomic E-state index is 0.147. The molecule has 3 aromatic rings. The molecule has 0 bridgehead atoms. The number of nitrogens with zero attached hydrogens (tertiary/aromatic N) is 3. The maximum Gasteiger partial charge on any atom is 0.316 e. The lowest BCUT2D eigenvalue weighted by Crippen LogP contribution is -2.53. The molecule has 4 rings (SSSR count). The first-order chi connectivity index (χ1) is 16.2. The lowest BCUT2D eigenvalue weighted by molar-refractivity contribution is -0.539. The molecule has 0 saturated carbocycles. The monoisotopic (exact) mass is 471 g/mol. The first-order valence-corrected chi connectivity index (χ1v) is 11.9. The molecule has 0 N–H and O–H groups in total. The number of hydrogen-bond donors (Lipinski definition) is 0. The van der Waals surface area contributed by atoms with Crippen LogP contribution in [-0.4, -0.2) is 32.3 Å². The van der Waals surface area contributed by atoms with Crippen molar-refractivity contribution in [2.75, 3.05) is 5.06 Å². The Bertz CT molecular complexity index is 1240. The van der Waals surface area contributed by atoms with Crippen molar-refractivity contribution in [2.45, 2.75) is 65.1 Å². The second-order valence-electron chi connectivity index (χ2n) is 11.2. The van der Waals surface area contributed by atoms with Crippen molar-refractivity contribution in [1.82, 2.24) is 5.06 Å². The number of anilines is 1. The Labute approximate surface area is 207 Å². The topological polar surface area (TPSA) is 75.5 Å². The molecular formula is C29H33N3O3-. The van der Waals surface area contributed by atoms with Crippen LogP contribution in [0.25, 0.3) is 22.3 Å². The lowest BCUT2D eigenvalue weighted by Gasteiger charge is -2.43. The van der Waals surface area contributed by atoms with Crippen molar-refractivity contribution in [3.05, 3.63) is 88.8 Å². The van der Waals surface area contributed by atoms with Gasteiger partial charge in [0, 0.05) is 16.4 Å². The molecule has 0 saturated heterocycles. The summed E-state index contributed by atoms with van der Waals surface area (Å²) in [6.45, 7) is 12.8. The molecule has 0 aromatic heterocycles. The number of rotatable bonds is 4. The predicted molar refractivity (Wildman–Crippen MR) is 141 cm³/mol. The van der Waals surface area contributed by atoms with Gasteiger partial charge in [0.1, 0.15) is 5.54 Å². The first-order valence-electron chi connectivity index (χ1n) is 11.9. The highest BCUT2D eigenvalue weighted by Gasteiger charge is 2.59. The van der Waals surface area contributed by atoms with Crippen LogP contribution in [0.15, 0.2) is 72.8 Å². The summed E-state index contributed by atoms with van der Waals surface area (Å²) in [5.74, 6) is 0.147. The molecule has 6 heteroatoms. The van der Waals surface area contributed by atoms with Gasteiger partial charge in [0.25, 0.3) is 0 Å². The highest BCUT2D eigenvalue weighted by Crippen LogP contribution is 2.37. The molecule has 1 aliphatic heterocycles. The van der Waals surface area contributed by atoms with Crippen LogP contribution in [0.4, 0.5) is 5.69 Å². The van der Waals surface area contributed by atoms with Gasteiger partial charge in [0.15, 0.2) is 5.54 Å². The highest BCUT2D eigenvalue weighted by molar-refractivity contribution is 5.96. The standard InChI is InChI=1S/C29H33N3O3/c1-27(2,3)30(33)25-18-16-23(17-19-25)21-10-8-20(9-11-21)22-12-14-24(15-13-22)26-31(34)28(4,5)29(6,7)32(26)35/h8-19H,1-7H3/q-1. The highest BCUT2D eigenvalue weighted by atomic mass is 16.5. The van der Waals surface area contributed by atoms with E-state index in [-0.39, 0.29) is 5.84 Å². The van der Waals surface area contributed by atoms with Crippen molar-refractivity contribution >= 4 is 11.5 Å². The zero-order valence-corrected chi connectivity index (χ0v) is 21.5. The third-order valence-electron chi connectivity index (χ3n) is 7.30. The van der Waals surface area contributed by atoms with Crippen LogP contribution in [0.3, 0.4) is 0 Å². The van der Waals surface area contributed by atoms with E-state index in [1.165, 1.54) is 0 Å². The smallest absolute Gasteiger partial charge is 0.316 e. The number of hydrogen-bond acceptors (Lipinski definition) is 4. The molecule has 0 amide bonds. The summed E-state index contributed by atoms with van der Waals surface area (Å²) in [5, 5.41) is 40.1. The molecule has 1 heterocycles. The second kappa shape index (κ2) is 8.40. The fourth-order valence-electron chi connectivity index (χ4n) is 4.19. The normalized spacial score (nSPS) is 17.1. The zero-order valence-electron chi connectivity index (χ0n) is 21.5. The van der Waals surface area contributed by atoms with Crippen LogP contribution >= 0.6 is 0 Å². The number of hydroxylamine groups is 4. The molecule has 1 aliphatic rings. The van der Waals surface area contributed by atoms with Crippen LogP contribution in [0, 0.1) is 10.4 Å². The Morgan fingerprint density at radius 1 is 0.714 bits per heavy atom. The summed E-state index contributed by atoms with van der Waals surface area (Å²) >= 11 is 0. The summed E-state index contributed by atoms with van der Waals surface area (Å²) in [6.07, 6.45) is 0. The lowest BCUT2D eigenvalue weighted by atomic mass is 9.84. The Morgan fingerprint density at radius 3 is 1.37 bits per heavy atom. The van der Waals surface area contributed by atoms with Gasteiger partial charge < -0.3 is 15.5 Å². The quantitative estimate of drug-likeness (QED) is 0.244. The van der Waals surface area contributed by atoms with Crippen LogP contribution < -0.4 is 5.06 Å². The summed E-state index contributed by atoms with van der Waals surface area (Å²) < 4.78 is 0.836. The Morgan fingerprint density at radius 2 is 1.06 bits per heavy atom. The van der Waals surface area contributed by atoms with Gasteiger partial charge in [0.05, 0.1) is 5.56 Å². The summed E-state index contributed by atoms with van der Waals surface area (Å²) in [4.78, 5) is 0. The van der Waals surface area contributed by atoms with Crippen molar-refractivity contribution in [3.8, 4) is 22.3 Å². The third-order valence-corrected chi connectivity index (χ3v) is 7.30. The van der Waals surface area contributed by atoms with Crippen LogP contribution in [0.2, 0.25) is 0 Å². The Balaban J connectivity index is 1.55. The maximum absolute atomic E-state index is 12.9. The molecular weight excluding hydrogens is 438 g/mol. The van der Waals surface area contributed by atoms with Crippen molar-refractivity contribution in [1.29, 1.82) is 0 Å². The number of amidine groups is 1. The molecule has 0 atom stereocenters. The van der Waals surface area contributed by atoms with Gasteiger partial charge in [-0.05, 0) is 95.0 Å².